The molecule has 0 radical (unpaired) electrons. The third kappa shape index (κ3) is 6.01. The van der Waals surface area contributed by atoms with Crippen molar-refractivity contribution < 1.29 is 14.3 Å². The van der Waals surface area contributed by atoms with E-state index >= 15 is 0 Å². The lowest BCUT2D eigenvalue weighted by Crippen LogP contribution is -2.46. The molecule has 104 valence electrons. The van der Waals surface area contributed by atoms with E-state index < -0.39 is 23.6 Å². The van der Waals surface area contributed by atoms with E-state index in [9.17, 15) is 9.59 Å². The Morgan fingerprint density at radius 3 is 2.37 bits per heavy atom. The molecule has 0 heterocycles. The van der Waals surface area contributed by atoms with Crippen LogP contribution in [-0.2, 0) is 16.0 Å². The topological polar surface area (TPSA) is 81.4 Å². The summed E-state index contributed by atoms with van der Waals surface area (Å²) in [6, 6.07) is 8.59. The Kier molecular flexibility index (Phi) is 5.06. The molecule has 0 aromatic heterocycles. The van der Waals surface area contributed by atoms with Crippen molar-refractivity contribution in [2.75, 3.05) is 0 Å². The van der Waals surface area contributed by atoms with E-state index in [1.165, 1.54) is 0 Å². The fourth-order valence-electron chi connectivity index (χ4n) is 1.46. The second-order valence-corrected chi connectivity index (χ2v) is 5.29. The molecule has 0 spiro atoms. The van der Waals surface area contributed by atoms with Crippen LogP contribution >= 0.6 is 0 Å². The smallest absolute Gasteiger partial charge is 0.414 e. The number of carbonyl (C=O) groups is 2. The molecule has 0 aliphatic carbocycles. The van der Waals surface area contributed by atoms with E-state index in [4.69, 9.17) is 10.5 Å². The third-order valence-corrected chi connectivity index (χ3v) is 2.26. The fraction of sp³-hybridized carbons (Fsp3) is 0.429. The molecule has 0 saturated carbocycles. The maximum absolute atomic E-state index is 11.7. The summed E-state index contributed by atoms with van der Waals surface area (Å²) in [6.45, 7) is 5.17. The largest absolute Gasteiger partial charge is 0.444 e. The third-order valence-electron chi connectivity index (χ3n) is 2.26. The molecule has 0 fully saturated rings. The molecule has 1 aromatic rings. The van der Waals surface area contributed by atoms with Gasteiger partial charge in [0.25, 0.3) is 0 Å². The van der Waals surface area contributed by atoms with Crippen molar-refractivity contribution in [3.05, 3.63) is 35.9 Å². The number of ether oxygens (including phenoxy) is 1. The van der Waals surface area contributed by atoms with Crippen LogP contribution in [0, 0.1) is 0 Å². The van der Waals surface area contributed by atoms with Crippen molar-refractivity contribution in [2.24, 2.45) is 5.73 Å². The minimum absolute atomic E-state index is 0.371. The van der Waals surface area contributed by atoms with Crippen molar-refractivity contribution in [3.63, 3.8) is 0 Å². The molecule has 5 nitrogen and oxygen atoms in total. The van der Waals surface area contributed by atoms with Crippen LogP contribution in [0.15, 0.2) is 30.3 Å². The molecule has 2 amide bonds. The van der Waals surface area contributed by atoms with Gasteiger partial charge in [-0.05, 0) is 32.8 Å². The van der Waals surface area contributed by atoms with Gasteiger partial charge in [-0.25, -0.2) is 4.79 Å². The number of nitrogens with two attached hydrogens (primary N) is 1. The molecule has 3 N–H and O–H groups in total. The number of rotatable bonds is 3. The van der Waals surface area contributed by atoms with Crippen LogP contribution < -0.4 is 11.1 Å². The van der Waals surface area contributed by atoms with Gasteiger partial charge in [0.15, 0.2) is 0 Å². The summed E-state index contributed by atoms with van der Waals surface area (Å²) in [7, 11) is 0. The van der Waals surface area contributed by atoms with Gasteiger partial charge in [-0.1, -0.05) is 30.3 Å². The predicted molar refractivity (Wildman–Crippen MR) is 72.5 cm³/mol. The first-order chi connectivity index (χ1) is 8.78. The number of carbonyl (C=O) groups excluding carboxylic acids is 2. The summed E-state index contributed by atoms with van der Waals surface area (Å²) >= 11 is 0. The lowest BCUT2D eigenvalue weighted by molar-refractivity contribution is -0.121. The van der Waals surface area contributed by atoms with Crippen molar-refractivity contribution in [2.45, 2.75) is 38.8 Å². The van der Waals surface area contributed by atoms with E-state index in [0.29, 0.717) is 6.42 Å². The fourth-order valence-corrected chi connectivity index (χ4v) is 1.46. The number of hydrogen-bond acceptors (Lipinski definition) is 4. The number of imide groups is 1. The summed E-state index contributed by atoms with van der Waals surface area (Å²) in [5.74, 6) is -0.543. The zero-order chi connectivity index (χ0) is 14.5. The molecule has 19 heavy (non-hydrogen) atoms. The van der Waals surface area contributed by atoms with Crippen LogP contribution in [0.1, 0.15) is 26.3 Å². The Hall–Kier alpha value is -1.88. The highest BCUT2D eigenvalue weighted by molar-refractivity contribution is 5.94. The Labute approximate surface area is 113 Å². The molecule has 0 aliphatic heterocycles. The van der Waals surface area contributed by atoms with Gasteiger partial charge >= 0.3 is 6.09 Å². The SMILES string of the molecule is CC(C)(C)OC(=O)NC(=O)[C@@H](N)Cc1ccccc1. The van der Waals surface area contributed by atoms with Crippen LogP contribution in [0.4, 0.5) is 4.79 Å². The summed E-state index contributed by atoms with van der Waals surface area (Å²) in [5, 5.41) is 2.13. The summed E-state index contributed by atoms with van der Waals surface area (Å²) in [5.41, 5.74) is 6.04. The molecule has 0 aliphatic rings. The van der Waals surface area contributed by atoms with E-state index in [-0.39, 0.29) is 0 Å². The molecule has 1 aromatic carbocycles. The Bertz CT molecular complexity index is 438. The predicted octanol–water partition coefficient (Wildman–Crippen LogP) is 1.61. The summed E-state index contributed by atoms with van der Waals surface area (Å²) < 4.78 is 4.98. The van der Waals surface area contributed by atoms with Crippen LogP contribution in [0.5, 0.6) is 0 Å². The first-order valence-electron chi connectivity index (χ1n) is 6.11. The lowest BCUT2D eigenvalue weighted by Gasteiger charge is -2.20. The second kappa shape index (κ2) is 6.33. The number of amides is 2. The van der Waals surface area contributed by atoms with Crippen LogP contribution in [0.2, 0.25) is 0 Å². The van der Waals surface area contributed by atoms with Gasteiger partial charge in [0.2, 0.25) is 5.91 Å². The minimum atomic E-state index is -0.782. The average molecular weight is 264 g/mol. The van der Waals surface area contributed by atoms with E-state index in [1.807, 2.05) is 30.3 Å². The first-order valence-corrected chi connectivity index (χ1v) is 6.11. The number of benzene rings is 1. The maximum Gasteiger partial charge on any atom is 0.414 e. The van der Waals surface area contributed by atoms with Gasteiger partial charge < -0.3 is 10.5 Å². The highest BCUT2D eigenvalue weighted by Crippen LogP contribution is 2.07. The highest BCUT2D eigenvalue weighted by atomic mass is 16.6. The minimum Gasteiger partial charge on any atom is -0.444 e. The van der Waals surface area contributed by atoms with Crippen molar-refractivity contribution in [1.82, 2.24) is 5.32 Å². The Morgan fingerprint density at radius 2 is 1.84 bits per heavy atom. The molecule has 0 unspecified atom stereocenters. The van der Waals surface area contributed by atoms with Gasteiger partial charge in [0, 0.05) is 0 Å². The molecule has 0 bridgehead atoms. The monoisotopic (exact) mass is 264 g/mol. The molecular formula is C14H20N2O3. The van der Waals surface area contributed by atoms with Gasteiger partial charge in [-0.2, -0.15) is 0 Å². The molecule has 1 atom stereocenters. The Balaban J connectivity index is 2.47. The normalized spacial score (nSPS) is 12.6. The zero-order valence-electron chi connectivity index (χ0n) is 11.5. The quantitative estimate of drug-likeness (QED) is 0.869. The molecule has 1 rings (SSSR count). The average Bonchev–Trinajstić information content (AvgIpc) is 2.27. The molecule has 0 saturated heterocycles. The molecular weight excluding hydrogens is 244 g/mol. The van der Waals surface area contributed by atoms with Gasteiger partial charge in [0.05, 0.1) is 6.04 Å². The van der Waals surface area contributed by atoms with Crippen molar-refractivity contribution >= 4 is 12.0 Å². The van der Waals surface area contributed by atoms with Gasteiger partial charge in [0.1, 0.15) is 5.60 Å². The van der Waals surface area contributed by atoms with Crippen LogP contribution in [0.25, 0.3) is 0 Å². The van der Waals surface area contributed by atoms with E-state index in [1.54, 1.807) is 20.8 Å². The van der Waals surface area contributed by atoms with Gasteiger partial charge in [-0.3, -0.25) is 10.1 Å². The zero-order valence-corrected chi connectivity index (χ0v) is 11.5. The first kappa shape index (κ1) is 15.2. The summed E-state index contributed by atoms with van der Waals surface area (Å²) in [6.07, 6.45) is -0.406. The lowest BCUT2D eigenvalue weighted by atomic mass is 10.1. The molecule has 5 heteroatoms. The number of alkyl carbamates (subject to hydrolysis) is 1. The van der Waals surface area contributed by atoms with Crippen molar-refractivity contribution in [3.8, 4) is 0 Å². The maximum atomic E-state index is 11.7. The number of hydrogen-bond donors (Lipinski definition) is 2. The van der Waals surface area contributed by atoms with Crippen molar-refractivity contribution in [1.29, 1.82) is 0 Å². The van der Waals surface area contributed by atoms with Gasteiger partial charge in [-0.15, -0.1) is 0 Å². The Morgan fingerprint density at radius 1 is 1.26 bits per heavy atom. The summed E-state index contributed by atoms with van der Waals surface area (Å²) in [4.78, 5) is 23.1. The van der Waals surface area contributed by atoms with E-state index in [2.05, 4.69) is 5.32 Å². The number of nitrogens with one attached hydrogen (secondary N) is 1. The van der Waals surface area contributed by atoms with Crippen LogP contribution in [-0.4, -0.2) is 23.6 Å². The second-order valence-electron chi connectivity index (χ2n) is 5.29. The van der Waals surface area contributed by atoms with E-state index in [0.717, 1.165) is 5.56 Å². The highest BCUT2D eigenvalue weighted by Gasteiger charge is 2.21. The van der Waals surface area contributed by atoms with Crippen LogP contribution in [0.3, 0.4) is 0 Å². The standard InChI is InChI=1S/C14H20N2O3/c1-14(2,3)19-13(18)16-12(17)11(15)9-10-7-5-4-6-8-10/h4-8,11H,9,15H2,1-3H3,(H,16,17,18)/t11-/m0/s1.